The molecule has 0 aliphatic rings. The molecule has 0 aliphatic heterocycles. The maximum absolute atomic E-state index is 12.8. The van der Waals surface area contributed by atoms with Crippen molar-refractivity contribution in [1.29, 1.82) is 0 Å². The topological polar surface area (TPSA) is 81.1 Å². The van der Waals surface area contributed by atoms with E-state index in [9.17, 15) is 4.79 Å². The van der Waals surface area contributed by atoms with Crippen molar-refractivity contribution in [3.63, 3.8) is 0 Å². The first-order valence-corrected chi connectivity index (χ1v) is 11.8. The molecule has 2 N–H and O–H groups in total. The fraction of sp³-hybridized carbons (Fsp3) is 0.0714. The number of benzene rings is 4. The number of carbonyl (C=O) groups excluding carboxylic acids is 1. The number of thiocarbonyl (C=S) groups is 1. The first-order chi connectivity index (χ1) is 17.5. The second-order valence-corrected chi connectivity index (χ2v) is 8.60. The van der Waals surface area contributed by atoms with Gasteiger partial charge in [0.25, 0.3) is 5.91 Å². The van der Waals surface area contributed by atoms with E-state index in [1.165, 1.54) is 0 Å². The number of ether oxygens (including phenoxy) is 1. The van der Waals surface area contributed by atoms with Crippen LogP contribution >= 0.6 is 12.2 Å². The van der Waals surface area contributed by atoms with Crippen LogP contribution in [0.25, 0.3) is 16.7 Å². The summed E-state index contributed by atoms with van der Waals surface area (Å²) in [7, 11) is 0. The molecule has 178 valence electrons. The van der Waals surface area contributed by atoms with Gasteiger partial charge in [-0.15, -0.1) is 10.2 Å². The van der Waals surface area contributed by atoms with Crippen molar-refractivity contribution < 1.29 is 9.53 Å². The van der Waals surface area contributed by atoms with Gasteiger partial charge in [-0.05, 0) is 72.7 Å². The lowest BCUT2D eigenvalue weighted by Gasteiger charge is -2.12. The van der Waals surface area contributed by atoms with Gasteiger partial charge >= 0.3 is 0 Å². The molecule has 1 heterocycles. The molecule has 0 aliphatic carbocycles. The number of aryl methyl sites for hydroxylation is 1. The van der Waals surface area contributed by atoms with Gasteiger partial charge in [0.1, 0.15) is 23.4 Å². The van der Waals surface area contributed by atoms with Gasteiger partial charge < -0.3 is 10.1 Å². The first kappa shape index (κ1) is 23.2. The smallest absolute Gasteiger partial charge is 0.257 e. The van der Waals surface area contributed by atoms with E-state index in [1.807, 2.05) is 85.8 Å². The zero-order valence-electron chi connectivity index (χ0n) is 19.5. The number of carbonyl (C=O) groups is 1. The van der Waals surface area contributed by atoms with Crippen molar-refractivity contribution in [1.82, 2.24) is 20.3 Å². The summed E-state index contributed by atoms with van der Waals surface area (Å²) in [5.41, 5.74) is 5.52. The number of amides is 1. The fourth-order valence-electron chi connectivity index (χ4n) is 3.68. The summed E-state index contributed by atoms with van der Waals surface area (Å²) >= 11 is 5.41. The number of anilines is 1. The van der Waals surface area contributed by atoms with Crippen LogP contribution in [0.1, 0.15) is 21.5 Å². The SMILES string of the molecule is Cc1cc2nn(-c3ccccc3)nc2cc1NC(=S)NC(=O)c1cccc(OCc2ccccc2)c1. The second-order valence-electron chi connectivity index (χ2n) is 8.19. The summed E-state index contributed by atoms with van der Waals surface area (Å²) in [5.74, 6) is 0.277. The highest BCUT2D eigenvalue weighted by atomic mass is 32.1. The summed E-state index contributed by atoms with van der Waals surface area (Å²) < 4.78 is 5.83. The van der Waals surface area contributed by atoms with Crippen molar-refractivity contribution in [2.45, 2.75) is 13.5 Å². The van der Waals surface area contributed by atoms with E-state index in [-0.39, 0.29) is 11.0 Å². The minimum atomic E-state index is -0.327. The van der Waals surface area contributed by atoms with Gasteiger partial charge in [-0.3, -0.25) is 10.1 Å². The minimum Gasteiger partial charge on any atom is -0.489 e. The summed E-state index contributed by atoms with van der Waals surface area (Å²) in [4.78, 5) is 14.4. The Morgan fingerprint density at radius 2 is 1.58 bits per heavy atom. The van der Waals surface area contributed by atoms with E-state index in [2.05, 4.69) is 20.8 Å². The minimum absolute atomic E-state index is 0.188. The van der Waals surface area contributed by atoms with E-state index < -0.39 is 0 Å². The molecule has 0 saturated heterocycles. The van der Waals surface area contributed by atoms with E-state index >= 15 is 0 Å². The average Bonchev–Trinajstić information content (AvgIpc) is 3.31. The number of hydrogen-bond acceptors (Lipinski definition) is 5. The molecule has 1 amide bonds. The van der Waals surface area contributed by atoms with Crippen LogP contribution in [0.3, 0.4) is 0 Å². The predicted octanol–water partition coefficient (Wildman–Crippen LogP) is 5.43. The maximum atomic E-state index is 12.8. The van der Waals surface area contributed by atoms with Crippen molar-refractivity contribution in [3.8, 4) is 11.4 Å². The molecule has 1 aromatic heterocycles. The molecule has 5 rings (SSSR count). The monoisotopic (exact) mass is 493 g/mol. The highest BCUT2D eigenvalue weighted by Crippen LogP contribution is 2.22. The van der Waals surface area contributed by atoms with E-state index in [0.717, 1.165) is 28.0 Å². The molecule has 0 atom stereocenters. The standard InChI is InChI=1S/C28H23N5O2S/c1-19-15-25-26(32-33(31-25)22-12-6-3-7-13-22)17-24(19)29-28(36)30-27(34)21-11-8-14-23(16-21)35-18-20-9-4-2-5-10-20/h2-17H,18H2,1H3,(H2,29,30,34,36). The number of aromatic nitrogens is 3. The number of hydrogen-bond donors (Lipinski definition) is 2. The van der Waals surface area contributed by atoms with Crippen LogP contribution in [0, 0.1) is 6.92 Å². The Bertz CT molecular complexity index is 1530. The summed E-state index contributed by atoms with van der Waals surface area (Å²) in [6.45, 7) is 2.36. The van der Waals surface area contributed by atoms with Gasteiger partial charge in [-0.1, -0.05) is 54.6 Å². The molecule has 8 heteroatoms. The van der Waals surface area contributed by atoms with Crippen LogP contribution in [0.2, 0.25) is 0 Å². The van der Waals surface area contributed by atoms with Gasteiger partial charge in [-0.25, -0.2) is 0 Å². The Hall–Kier alpha value is -4.56. The highest BCUT2D eigenvalue weighted by molar-refractivity contribution is 7.80. The third kappa shape index (κ3) is 5.39. The third-order valence-corrected chi connectivity index (χ3v) is 5.74. The molecule has 0 radical (unpaired) electrons. The second kappa shape index (κ2) is 10.4. The van der Waals surface area contributed by atoms with Crippen LogP contribution in [0.4, 0.5) is 5.69 Å². The molecule has 7 nitrogen and oxygen atoms in total. The lowest BCUT2D eigenvalue weighted by molar-refractivity contribution is 0.0977. The molecule has 5 aromatic rings. The van der Waals surface area contributed by atoms with Gasteiger partial charge in [-0.2, -0.15) is 4.80 Å². The van der Waals surface area contributed by atoms with Crippen molar-refractivity contribution in [2.24, 2.45) is 0 Å². The van der Waals surface area contributed by atoms with Gasteiger partial charge in [0.15, 0.2) is 5.11 Å². The number of para-hydroxylation sites is 1. The van der Waals surface area contributed by atoms with Crippen LogP contribution in [0.15, 0.2) is 97.1 Å². The van der Waals surface area contributed by atoms with Crippen LogP contribution in [-0.4, -0.2) is 26.0 Å². The zero-order chi connectivity index (χ0) is 24.9. The van der Waals surface area contributed by atoms with Crippen LogP contribution < -0.4 is 15.4 Å². The summed E-state index contributed by atoms with van der Waals surface area (Å²) in [5, 5.41) is 15.2. The van der Waals surface area contributed by atoms with E-state index in [1.54, 1.807) is 23.0 Å². The fourth-order valence-corrected chi connectivity index (χ4v) is 3.88. The van der Waals surface area contributed by atoms with E-state index in [4.69, 9.17) is 17.0 Å². The lowest BCUT2D eigenvalue weighted by Crippen LogP contribution is -2.34. The van der Waals surface area contributed by atoms with Crippen molar-refractivity contribution in [2.75, 3.05) is 5.32 Å². The van der Waals surface area contributed by atoms with E-state index in [0.29, 0.717) is 23.4 Å². The summed E-state index contributed by atoms with van der Waals surface area (Å²) in [6, 6.07) is 30.4. The molecular weight excluding hydrogens is 470 g/mol. The molecule has 36 heavy (non-hydrogen) atoms. The molecule has 0 spiro atoms. The maximum Gasteiger partial charge on any atom is 0.257 e. The number of rotatable bonds is 6. The van der Waals surface area contributed by atoms with Crippen LogP contribution in [-0.2, 0) is 6.61 Å². The Kier molecular flexibility index (Phi) is 6.68. The largest absolute Gasteiger partial charge is 0.489 e. The zero-order valence-corrected chi connectivity index (χ0v) is 20.3. The van der Waals surface area contributed by atoms with Gasteiger partial charge in [0.2, 0.25) is 0 Å². The van der Waals surface area contributed by atoms with Gasteiger partial charge in [0, 0.05) is 11.3 Å². The molecule has 0 fully saturated rings. The Morgan fingerprint density at radius 3 is 2.33 bits per heavy atom. The Labute approximate surface area is 213 Å². The Balaban J connectivity index is 1.25. The summed E-state index contributed by atoms with van der Waals surface area (Å²) in [6.07, 6.45) is 0. The van der Waals surface area contributed by atoms with Crippen LogP contribution in [0.5, 0.6) is 5.75 Å². The first-order valence-electron chi connectivity index (χ1n) is 11.4. The van der Waals surface area contributed by atoms with Crippen molar-refractivity contribution in [3.05, 3.63) is 114 Å². The van der Waals surface area contributed by atoms with Crippen molar-refractivity contribution >= 4 is 40.0 Å². The third-order valence-electron chi connectivity index (χ3n) is 5.53. The molecule has 4 aromatic carbocycles. The number of fused-ring (bicyclic) bond motifs is 1. The number of nitrogens with one attached hydrogen (secondary N) is 2. The average molecular weight is 494 g/mol. The quantitative estimate of drug-likeness (QED) is 0.307. The van der Waals surface area contributed by atoms with Gasteiger partial charge in [0.05, 0.1) is 5.69 Å². The Morgan fingerprint density at radius 1 is 0.889 bits per heavy atom. The normalized spacial score (nSPS) is 10.7. The predicted molar refractivity (Wildman–Crippen MR) is 145 cm³/mol. The molecule has 0 saturated carbocycles. The lowest BCUT2D eigenvalue weighted by atomic mass is 10.2. The molecular formula is C28H23N5O2S. The highest BCUT2D eigenvalue weighted by Gasteiger charge is 2.12. The molecule has 0 unspecified atom stereocenters. The number of nitrogens with zero attached hydrogens (tertiary/aromatic N) is 3. The molecule has 0 bridgehead atoms.